The number of piperidine rings is 1. The molecule has 0 bridgehead atoms. The van der Waals surface area contributed by atoms with Gasteiger partial charge >= 0.3 is 0 Å². The van der Waals surface area contributed by atoms with Gasteiger partial charge < -0.3 is 26.5 Å². The van der Waals surface area contributed by atoms with E-state index in [0.29, 0.717) is 30.3 Å². The molecule has 5 rings (SSSR count). The maximum Gasteiger partial charge on any atom is 0.294 e. The molecule has 1 saturated carbocycles. The molecule has 0 radical (unpaired) electrons. The van der Waals surface area contributed by atoms with Crippen molar-refractivity contribution in [1.29, 1.82) is 0 Å². The molecule has 3 aromatic rings. The van der Waals surface area contributed by atoms with E-state index in [1.165, 1.54) is 6.07 Å². The van der Waals surface area contributed by atoms with E-state index in [0.717, 1.165) is 36.6 Å². The van der Waals surface area contributed by atoms with Crippen LogP contribution in [0.5, 0.6) is 0 Å². The molecule has 2 aromatic carbocycles. The number of para-hydroxylation sites is 1. The van der Waals surface area contributed by atoms with Crippen molar-refractivity contribution in [2.45, 2.75) is 95.5 Å². The number of likely N-dealkylation sites (tertiary alicyclic amines) is 1. The van der Waals surface area contributed by atoms with Gasteiger partial charge in [-0.3, -0.25) is 24.1 Å². The molecule has 1 aromatic heterocycles. The van der Waals surface area contributed by atoms with Gasteiger partial charge in [-0.15, -0.1) is 10.1 Å². The van der Waals surface area contributed by atoms with E-state index in [9.17, 15) is 29.3 Å². The lowest BCUT2D eigenvalue weighted by Gasteiger charge is -2.47. The van der Waals surface area contributed by atoms with Crippen molar-refractivity contribution in [2.24, 2.45) is 17.6 Å². The van der Waals surface area contributed by atoms with Crippen molar-refractivity contribution in [3.63, 3.8) is 0 Å². The van der Waals surface area contributed by atoms with Crippen LogP contribution in [0.25, 0.3) is 10.9 Å². The van der Waals surface area contributed by atoms with E-state index in [2.05, 4.69) is 20.9 Å². The average Bonchev–Trinajstić information content (AvgIpc) is 3.09. The fraction of sp³-hybridized carbons (Fsp3) is 0.500. The van der Waals surface area contributed by atoms with Crippen LogP contribution in [0.15, 0.2) is 66.7 Å². The normalized spacial score (nSPS) is 20.8. The number of amides is 4. The summed E-state index contributed by atoms with van der Waals surface area (Å²) in [4.78, 5) is 77.0. The third kappa shape index (κ3) is 10.5. The summed E-state index contributed by atoms with van der Waals surface area (Å²) in [6.07, 6.45) is 3.19. The molecule has 52 heavy (non-hydrogen) atoms. The van der Waals surface area contributed by atoms with Crippen LogP contribution in [0, 0.1) is 22.0 Å². The van der Waals surface area contributed by atoms with Gasteiger partial charge in [0.1, 0.15) is 17.8 Å². The minimum absolute atomic E-state index is 0.0297. The molecule has 1 saturated heterocycles. The first-order valence-corrected chi connectivity index (χ1v) is 17.9. The molecule has 278 valence electrons. The highest BCUT2D eigenvalue weighted by Crippen LogP contribution is 2.39. The number of nitrogens with two attached hydrogens (primary N) is 1. The lowest BCUT2D eigenvalue weighted by molar-refractivity contribution is -0.769. The summed E-state index contributed by atoms with van der Waals surface area (Å²) in [5, 5.41) is 20.5. The molecule has 0 spiro atoms. The van der Waals surface area contributed by atoms with Crippen LogP contribution in [-0.2, 0) is 25.6 Å². The van der Waals surface area contributed by atoms with Gasteiger partial charge in [-0.1, -0.05) is 73.9 Å². The SMILES string of the molecule is CC(C)(C)NC(=O)C1C[C@H]2CCCC[C@H]2CN1CC(O[N+](=O)[O-])[C@@H](Cc1ccccc1)NC(=O)C(CC(N)=O)NC(=O)c1ccc2ccccc2n1. The smallest absolute Gasteiger partial charge is 0.294 e. The van der Waals surface area contributed by atoms with Gasteiger partial charge in [0.15, 0.2) is 0 Å². The highest BCUT2D eigenvalue weighted by atomic mass is 17.0. The van der Waals surface area contributed by atoms with Gasteiger partial charge in [0.05, 0.1) is 24.0 Å². The number of pyridine rings is 1. The molecular weight excluding hydrogens is 666 g/mol. The summed E-state index contributed by atoms with van der Waals surface area (Å²) in [5.74, 6) is -1.79. The fourth-order valence-corrected chi connectivity index (χ4v) is 7.46. The summed E-state index contributed by atoms with van der Waals surface area (Å²) >= 11 is 0. The maximum atomic E-state index is 14.0. The van der Waals surface area contributed by atoms with Crippen molar-refractivity contribution in [3.8, 4) is 0 Å². The van der Waals surface area contributed by atoms with E-state index in [1.54, 1.807) is 18.2 Å². The molecule has 2 fully saturated rings. The molecule has 5 N–H and O–H groups in total. The van der Waals surface area contributed by atoms with E-state index >= 15 is 0 Å². The van der Waals surface area contributed by atoms with Crippen molar-refractivity contribution in [1.82, 2.24) is 25.8 Å². The number of hydrogen-bond acceptors (Lipinski definition) is 9. The predicted molar refractivity (Wildman–Crippen MR) is 194 cm³/mol. The van der Waals surface area contributed by atoms with Gasteiger partial charge in [0.2, 0.25) is 17.7 Å². The average molecular weight is 716 g/mol. The zero-order valence-electron chi connectivity index (χ0n) is 30.0. The Hall–Kier alpha value is -5.11. The first-order valence-electron chi connectivity index (χ1n) is 17.9. The number of benzene rings is 2. The second-order valence-corrected chi connectivity index (χ2v) is 15.0. The molecule has 14 nitrogen and oxygen atoms in total. The van der Waals surface area contributed by atoms with E-state index in [-0.39, 0.29) is 24.6 Å². The number of carbonyl (C=O) groups is 4. The number of aromatic nitrogens is 1. The van der Waals surface area contributed by atoms with Crippen LogP contribution >= 0.6 is 0 Å². The van der Waals surface area contributed by atoms with Gasteiger partial charge in [-0.2, -0.15) is 0 Å². The number of nitrogens with zero attached hydrogens (tertiary/aromatic N) is 3. The van der Waals surface area contributed by atoms with Crippen molar-refractivity contribution >= 4 is 34.5 Å². The van der Waals surface area contributed by atoms with Gasteiger partial charge in [0, 0.05) is 24.0 Å². The van der Waals surface area contributed by atoms with Gasteiger partial charge in [0.25, 0.3) is 11.0 Å². The van der Waals surface area contributed by atoms with E-state index < -0.39 is 59.0 Å². The first kappa shape index (κ1) is 38.1. The van der Waals surface area contributed by atoms with Crippen LogP contribution in [0.1, 0.15) is 75.3 Å². The second kappa shape index (κ2) is 16.9. The van der Waals surface area contributed by atoms with Crippen LogP contribution < -0.4 is 21.7 Å². The Bertz CT molecular complexity index is 1750. The number of carbonyl (C=O) groups excluding carboxylic acids is 4. The number of fused-ring (bicyclic) bond motifs is 2. The highest BCUT2D eigenvalue weighted by Gasteiger charge is 2.43. The number of hydrogen-bond donors (Lipinski definition) is 4. The summed E-state index contributed by atoms with van der Waals surface area (Å²) in [6.45, 7) is 6.24. The number of primary amides is 1. The minimum atomic E-state index is -1.42. The van der Waals surface area contributed by atoms with Crippen LogP contribution in [0.3, 0.4) is 0 Å². The van der Waals surface area contributed by atoms with E-state index in [1.807, 2.05) is 68.1 Å². The number of nitrogens with one attached hydrogen (secondary N) is 3. The molecule has 1 aliphatic heterocycles. The topological polar surface area (TPSA) is 199 Å². The minimum Gasteiger partial charge on any atom is -0.370 e. The largest absolute Gasteiger partial charge is 0.370 e. The van der Waals surface area contributed by atoms with Crippen LogP contribution in [0.4, 0.5) is 0 Å². The molecule has 14 heteroatoms. The highest BCUT2D eigenvalue weighted by molar-refractivity contribution is 5.99. The monoisotopic (exact) mass is 715 g/mol. The Morgan fingerprint density at radius 2 is 1.67 bits per heavy atom. The predicted octanol–water partition coefficient (Wildman–Crippen LogP) is 3.31. The Morgan fingerprint density at radius 3 is 2.37 bits per heavy atom. The molecule has 6 atom stereocenters. The zero-order chi connectivity index (χ0) is 37.4. The third-order valence-corrected chi connectivity index (χ3v) is 9.87. The summed E-state index contributed by atoms with van der Waals surface area (Å²) in [6, 6.07) is 16.6. The fourth-order valence-electron chi connectivity index (χ4n) is 7.46. The molecular formula is C38H49N7O7. The van der Waals surface area contributed by atoms with Crippen molar-refractivity contribution in [2.75, 3.05) is 13.1 Å². The van der Waals surface area contributed by atoms with Gasteiger partial charge in [-0.05, 0) is 69.6 Å². The number of rotatable bonds is 14. The summed E-state index contributed by atoms with van der Waals surface area (Å²) in [7, 11) is 0. The first-order chi connectivity index (χ1) is 24.8. The Morgan fingerprint density at radius 1 is 0.981 bits per heavy atom. The quantitative estimate of drug-likeness (QED) is 0.143. The molecule has 2 aliphatic rings. The second-order valence-electron chi connectivity index (χ2n) is 15.0. The standard InChI is InChI=1S/C38H49N7O7/c1-38(2,3)43-37(49)32-20-26-14-7-8-15-27(26)22-44(32)23-33(52-45(50)51)30(19-24-11-5-4-6-12-24)41-36(48)31(21-34(39)46)42-35(47)29-18-17-25-13-9-10-16-28(25)40-29/h4-6,9-13,16-18,26-27,30-33H,7-8,14-15,19-23H2,1-3H3,(H2,39,46)(H,41,48)(H,42,47)(H,43,49)/t26-,27+,30-,31?,32?,33?/m1/s1. The lowest BCUT2D eigenvalue weighted by Crippen LogP contribution is -2.61. The molecule has 1 aliphatic carbocycles. The third-order valence-electron chi connectivity index (χ3n) is 9.87. The van der Waals surface area contributed by atoms with Crippen LogP contribution in [0.2, 0.25) is 0 Å². The Kier molecular flexibility index (Phi) is 12.4. The summed E-state index contributed by atoms with van der Waals surface area (Å²) in [5.41, 5.74) is 6.39. The van der Waals surface area contributed by atoms with Crippen molar-refractivity contribution < 1.29 is 29.1 Å². The van der Waals surface area contributed by atoms with E-state index in [4.69, 9.17) is 10.6 Å². The van der Waals surface area contributed by atoms with Crippen LogP contribution in [-0.4, -0.2) is 81.5 Å². The molecule has 4 amide bonds. The molecule has 3 unspecified atom stereocenters. The lowest BCUT2D eigenvalue weighted by atomic mass is 9.72. The molecule has 2 heterocycles. The Labute approximate surface area is 303 Å². The zero-order valence-corrected chi connectivity index (χ0v) is 30.0. The maximum absolute atomic E-state index is 14.0. The summed E-state index contributed by atoms with van der Waals surface area (Å²) < 4.78 is 0. The van der Waals surface area contributed by atoms with Gasteiger partial charge in [-0.25, -0.2) is 4.98 Å². The Balaban J connectivity index is 1.43. The van der Waals surface area contributed by atoms with Crippen molar-refractivity contribution in [3.05, 3.63) is 88.1 Å².